The van der Waals surface area contributed by atoms with Crippen molar-refractivity contribution in [1.29, 1.82) is 0 Å². The number of rotatable bonds is 7. The molecule has 108 valence electrons. The molecular weight excluding hydrogens is 262 g/mol. The van der Waals surface area contributed by atoms with Crippen LogP contribution in [0.2, 0.25) is 0 Å². The first kappa shape index (κ1) is 15.6. The van der Waals surface area contributed by atoms with Gasteiger partial charge in [0, 0.05) is 0 Å². The number of hydrogen-bond donors (Lipinski definition) is 2. The molecule has 1 aromatic carbocycles. The molecule has 0 fully saturated rings. The number of carboxylic acids is 1. The van der Waals surface area contributed by atoms with Crippen LogP contribution in [0.1, 0.15) is 17.3 Å². The van der Waals surface area contributed by atoms with E-state index in [2.05, 4.69) is 11.9 Å². The molecule has 0 radical (unpaired) electrons. The molecule has 0 saturated heterocycles. The summed E-state index contributed by atoms with van der Waals surface area (Å²) in [5.41, 5.74) is 0.191. The Hall–Kier alpha value is -2.50. The van der Waals surface area contributed by atoms with E-state index in [0.717, 1.165) is 0 Å². The van der Waals surface area contributed by atoms with Gasteiger partial charge in [-0.15, -0.1) is 0 Å². The summed E-state index contributed by atoms with van der Waals surface area (Å²) in [6.45, 7) is 5.59. The summed E-state index contributed by atoms with van der Waals surface area (Å²) >= 11 is 0. The molecule has 1 aromatic rings. The summed E-state index contributed by atoms with van der Waals surface area (Å²) in [7, 11) is 0. The van der Waals surface area contributed by atoms with Crippen LogP contribution in [0.25, 0.3) is 0 Å². The maximum atomic E-state index is 11.2. The number of amides is 1. The van der Waals surface area contributed by atoms with Crippen molar-refractivity contribution in [3.63, 3.8) is 0 Å². The minimum Gasteiger partial charge on any atom is -0.491 e. The lowest BCUT2D eigenvalue weighted by Gasteiger charge is -2.14. The van der Waals surface area contributed by atoms with Crippen LogP contribution in [0.3, 0.4) is 0 Å². The third kappa shape index (κ3) is 5.43. The first-order valence-corrected chi connectivity index (χ1v) is 6.03. The average molecular weight is 279 g/mol. The predicted molar refractivity (Wildman–Crippen MR) is 73.0 cm³/mol. The van der Waals surface area contributed by atoms with Crippen LogP contribution in [0.5, 0.6) is 5.75 Å². The fourth-order valence-corrected chi connectivity index (χ4v) is 1.33. The second kappa shape index (κ2) is 7.83. The van der Waals surface area contributed by atoms with Gasteiger partial charge in [-0.2, -0.15) is 0 Å². The van der Waals surface area contributed by atoms with Crippen molar-refractivity contribution in [3.8, 4) is 5.75 Å². The summed E-state index contributed by atoms with van der Waals surface area (Å²) in [5.74, 6) is -0.459. The highest BCUT2D eigenvalue weighted by Gasteiger charge is 2.09. The summed E-state index contributed by atoms with van der Waals surface area (Å²) in [6, 6.07) is 5.78. The molecule has 0 heterocycles. The summed E-state index contributed by atoms with van der Waals surface area (Å²) in [6.07, 6.45) is 0.937. The van der Waals surface area contributed by atoms with Crippen molar-refractivity contribution in [2.45, 2.75) is 13.0 Å². The lowest BCUT2D eigenvalue weighted by atomic mass is 10.2. The van der Waals surface area contributed by atoms with E-state index >= 15 is 0 Å². The largest absolute Gasteiger partial charge is 0.491 e. The van der Waals surface area contributed by atoms with Gasteiger partial charge in [0.25, 0.3) is 0 Å². The van der Waals surface area contributed by atoms with Gasteiger partial charge in [0.1, 0.15) is 19.0 Å². The molecule has 1 atom stereocenters. The molecule has 1 unspecified atom stereocenters. The van der Waals surface area contributed by atoms with Crippen LogP contribution in [-0.2, 0) is 4.74 Å². The van der Waals surface area contributed by atoms with E-state index in [0.29, 0.717) is 5.75 Å². The van der Waals surface area contributed by atoms with E-state index in [4.69, 9.17) is 14.6 Å². The standard InChI is InChI=1S/C14H17NO5/c1-3-8-19-14(18)15-10(2)9-20-12-6-4-11(5-7-12)13(16)17/h3-7,10H,1,8-9H2,2H3,(H,15,18)(H,16,17). The van der Waals surface area contributed by atoms with Gasteiger partial charge in [-0.05, 0) is 31.2 Å². The summed E-state index contributed by atoms with van der Waals surface area (Å²) in [4.78, 5) is 21.9. The van der Waals surface area contributed by atoms with Crippen LogP contribution in [0, 0.1) is 0 Å². The molecule has 0 bridgehead atoms. The second-order valence-electron chi connectivity index (χ2n) is 4.07. The highest BCUT2D eigenvalue weighted by atomic mass is 16.5. The van der Waals surface area contributed by atoms with Gasteiger partial charge in [-0.1, -0.05) is 12.7 Å². The van der Waals surface area contributed by atoms with Crippen molar-refractivity contribution >= 4 is 12.1 Å². The normalized spacial score (nSPS) is 11.2. The quantitative estimate of drug-likeness (QED) is 0.746. The smallest absolute Gasteiger partial charge is 0.407 e. The van der Waals surface area contributed by atoms with Crippen LogP contribution in [0.15, 0.2) is 36.9 Å². The Morgan fingerprint density at radius 3 is 2.60 bits per heavy atom. The molecule has 0 aliphatic heterocycles. The Kier molecular flexibility index (Phi) is 6.09. The number of carbonyl (C=O) groups excluding carboxylic acids is 1. The Balaban J connectivity index is 2.36. The van der Waals surface area contributed by atoms with Gasteiger partial charge in [-0.3, -0.25) is 0 Å². The molecular formula is C14H17NO5. The topological polar surface area (TPSA) is 84.9 Å². The van der Waals surface area contributed by atoms with Gasteiger partial charge in [0.2, 0.25) is 0 Å². The van der Waals surface area contributed by atoms with E-state index in [9.17, 15) is 9.59 Å². The number of aromatic carboxylic acids is 1. The second-order valence-corrected chi connectivity index (χ2v) is 4.07. The molecule has 1 amide bonds. The monoisotopic (exact) mass is 279 g/mol. The van der Waals surface area contributed by atoms with Crippen molar-refractivity contribution in [3.05, 3.63) is 42.5 Å². The molecule has 1 rings (SSSR count). The number of ether oxygens (including phenoxy) is 2. The third-order valence-electron chi connectivity index (χ3n) is 2.30. The zero-order valence-electron chi connectivity index (χ0n) is 11.2. The zero-order valence-corrected chi connectivity index (χ0v) is 11.2. The first-order chi connectivity index (χ1) is 9.52. The number of carboxylic acid groups (broad SMARTS) is 1. The molecule has 6 heteroatoms. The fourth-order valence-electron chi connectivity index (χ4n) is 1.33. The lowest BCUT2D eigenvalue weighted by molar-refractivity contribution is 0.0696. The van der Waals surface area contributed by atoms with E-state index in [1.165, 1.54) is 18.2 Å². The van der Waals surface area contributed by atoms with Crippen LogP contribution >= 0.6 is 0 Å². The highest BCUT2D eigenvalue weighted by Crippen LogP contribution is 2.12. The minimum absolute atomic E-state index is 0.149. The molecule has 6 nitrogen and oxygen atoms in total. The Morgan fingerprint density at radius 2 is 2.05 bits per heavy atom. The lowest BCUT2D eigenvalue weighted by Crippen LogP contribution is -2.37. The number of carbonyl (C=O) groups is 2. The van der Waals surface area contributed by atoms with Gasteiger partial charge in [-0.25, -0.2) is 9.59 Å². The molecule has 0 saturated carbocycles. The maximum absolute atomic E-state index is 11.2. The van der Waals surface area contributed by atoms with E-state index < -0.39 is 12.1 Å². The van der Waals surface area contributed by atoms with Gasteiger partial charge >= 0.3 is 12.1 Å². The Labute approximate surface area is 117 Å². The Bertz CT molecular complexity index is 469. The van der Waals surface area contributed by atoms with Gasteiger partial charge < -0.3 is 19.9 Å². The number of benzene rings is 1. The number of hydrogen-bond acceptors (Lipinski definition) is 4. The summed E-state index contributed by atoms with van der Waals surface area (Å²) < 4.78 is 10.2. The number of nitrogens with one attached hydrogen (secondary N) is 1. The fraction of sp³-hybridized carbons (Fsp3) is 0.286. The predicted octanol–water partition coefficient (Wildman–Crippen LogP) is 2.06. The van der Waals surface area contributed by atoms with Crippen LogP contribution in [-0.4, -0.2) is 36.4 Å². The molecule has 0 aliphatic carbocycles. The van der Waals surface area contributed by atoms with Crippen molar-refractivity contribution in [2.24, 2.45) is 0 Å². The van der Waals surface area contributed by atoms with Crippen molar-refractivity contribution in [2.75, 3.05) is 13.2 Å². The molecule has 0 aromatic heterocycles. The SMILES string of the molecule is C=CCOC(=O)NC(C)COc1ccc(C(=O)O)cc1. The third-order valence-corrected chi connectivity index (χ3v) is 2.30. The first-order valence-electron chi connectivity index (χ1n) is 6.03. The van der Waals surface area contributed by atoms with Crippen LogP contribution < -0.4 is 10.1 Å². The number of alkyl carbamates (subject to hydrolysis) is 1. The maximum Gasteiger partial charge on any atom is 0.407 e. The van der Waals surface area contributed by atoms with Gasteiger partial charge in [0.15, 0.2) is 0 Å². The van der Waals surface area contributed by atoms with Gasteiger partial charge in [0.05, 0.1) is 11.6 Å². The van der Waals surface area contributed by atoms with E-state index in [-0.39, 0.29) is 24.8 Å². The molecule has 0 aliphatic rings. The van der Waals surface area contributed by atoms with Crippen molar-refractivity contribution in [1.82, 2.24) is 5.32 Å². The Morgan fingerprint density at radius 1 is 1.40 bits per heavy atom. The van der Waals surface area contributed by atoms with Crippen LogP contribution in [0.4, 0.5) is 4.79 Å². The molecule has 2 N–H and O–H groups in total. The van der Waals surface area contributed by atoms with E-state index in [1.54, 1.807) is 19.1 Å². The molecule has 0 spiro atoms. The zero-order chi connectivity index (χ0) is 15.0. The highest BCUT2D eigenvalue weighted by molar-refractivity contribution is 5.87. The minimum atomic E-state index is -0.989. The summed E-state index contributed by atoms with van der Waals surface area (Å²) in [5, 5.41) is 11.3. The van der Waals surface area contributed by atoms with E-state index in [1.807, 2.05) is 0 Å². The van der Waals surface area contributed by atoms with Crippen molar-refractivity contribution < 1.29 is 24.2 Å². The molecule has 20 heavy (non-hydrogen) atoms. The average Bonchev–Trinajstić information content (AvgIpc) is 2.43.